The van der Waals surface area contributed by atoms with E-state index >= 15 is 0 Å². The lowest BCUT2D eigenvalue weighted by molar-refractivity contribution is 0.660. The summed E-state index contributed by atoms with van der Waals surface area (Å²) in [6.45, 7) is 9.19. The zero-order valence-corrected chi connectivity index (χ0v) is 35.0. The monoisotopic (exact) mass is 779 g/mol. The van der Waals surface area contributed by atoms with Crippen LogP contribution in [0.4, 0.5) is 17.1 Å². The van der Waals surface area contributed by atoms with Crippen molar-refractivity contribution in [2.45, 2.75) is 38.5 Å². The second-order valence-corrected chi connectivity index (χ2v) is 17.8. The maximum Gasteiger partial charge on any atom is 0.0731 e. The average molecular weight is 780 g/mol. The Bertz CT molecular complexity index is 3170. The Balaban J connectivity index is 1.03. The molecule has 0 aromatic heterocycles. The maximum atomic E-state index is 2.45. The van der Waals surface area contributed by atoms with Crippen LogP contribution < -0.4 is 4.90 Å². The van der Waals surface area contributed by atoms with E-state index in [1.807, 2.05) is 0 Å². The highest BCUT2D eigenvalue weighted by atomic mass is 15.1. The van der Waals surface area contributed by atoms with Crippen molar-refractivity contribution < 1.29 is 0 Å². The molecule has 0 heterocycles. The molecular formula is C60H45N. The van der Waals surface area contributed by atoms with Crippen LogP contribution in [0.5, 0.6) is 0 Å². The smallest absolute Gasteiger partial charge is 0.0731 e. The summed E-state index contributed by atoms with van der Waals surface area (Å²) in [6.07, 6.45) is 0. The van der Waals surface area contributed by atoms with E-state index in [0.717, 1.165) is 17.1 Å². The maximum absolute atomic E-state index is 2.45. The summed E-state index contributed by atoms with van der Waals surface area (Å²) >= 11 is 0. The molecule has 1 heteroatoms. The van der Waals surface area contributed by atoms with Crippen LogP contribution in [0.3, 0.4) is 0 Å². The number of benzene rings is 9. The van der Waals surface area contributed by atoms with Gasteiger partial charge in [-0.25, -0.2) is 0 Å². The van der Waals surface area contributed by atoms with Crippen molar-refractivity contribution in [2.24, 2.45) is 0 Å². The van der Waals surface area contributed by atoms with Crippen LogP contribution in [-0.4, -0.2) is 0 Å². The minimum Gasteiger partial charge on any atom is -0.310 e. The average Bonchev–Trinajstić information content (AvgIpc) is 3.85. The summed E-state index contributed by atoms with van der Waals surface area (Å²) in [6, 6.07) is 75.3. The molecule has 0 amide bonds. The molecule has 0 unspecified atom stereocenters. The van der Waals surface area contributed by atoms with Gasteiger partial charge >= 0.3 is 0 Å². The van der Waals surface area contributed by atoms with E-state index in [9.17, 15) is 0 Å². The minimum atomic E-state index is -0.425. The lowest BCUT2D eigenvalue weighted by Crippen LogP contribution is -2.27. The number of rotatable bonds is 5. The molecule has 3 aliphatic rings. The number of fused-ring (bicyclic) bond motifs is 13. The standard InChI is InChI=1S/C60H45N/c1-38-21-32-50-51-33-22-39(2)36-57(51)60(56(50)35-38)54-20-11-9-16-48(54)52-18-12-17-46(58(52)60)42-25-29-44(30-26-42)61(43-27-23-41(24-28-43)40-13-6-5-7-14-40)45-31-34-49-47-15-8-10-19-53(47)59(3,4)55(49)37-45/h5-37H,1-4H3. The molecule has 0 saturated heterocycles. The first-order chi connectivity index (χ1) is 29.8. The predicted molar refractivity (Wildman–Crippen MR) is 255 cm³/mol. The SMILES string of the molecule is Cc1ccc2c(c1)C1(c3cc(C)ccc3-2)c2ccccc2-c2cccc(-c3ccc(N(c4ccc(-c5ccccc5)cc4)c4ccc5c(c4)C(C)(C)c4ccccc4-5)cc3)c21. The molecule has 0 radical (unpaired) electrons. The molecular weight excluding hydrogens is 735 g/mol. The van der Waals surface area contributed by atoms with Crippen molar-refractivity contribution in [2.75, 3.05) is 4.90 Å². The molecule has 3 aliphatic carbocycles. The van der Waals surface area contributed by atoms with E-state index in [1.165, 1.54) is 100 Å². The second-order valence-electron chi connectivity index (χ2n) is 17.8. The Kier molecular flexibility index (Phi) is 7.69. The summed E-state index contributed by atoms with van der Waals surface area (Å²) in [5.41, 5.74) is 26.6. The third kappa shape index (κ3) is 5.07. The van der Waals surface area contributed by atoms with Gasteiger partial charge in [0.1, 0.15) is 0 Å². The summed E-state index contributed by atoms with van der Waals surface area (Å²) < 4.78 is 0. The van der Waals surface area contributed by atoms with Gasteiger partial charge in [0.05, 0.1) is 5.41 Å². The van der Waals surface area contributed by atoms with Crippen LogP contribution in [0.25, 0.3) is 55.6 Å². The normalized spacial score (nSPS) is 14.2. The largest absolute Gasteiger partial charge is 0.310 e. The Morgan fingerprint density at radius 3 is 1.43 bits per heavy atom. The van der Waals surface area contributed by atoms with Crippen LogP contribution >= 0.6 is 0 Å². The molecule has 0 N–H and O–H groups in total. The van der Waals surface area contributed by atoms with Crippen molar-refractivity contribution in [3.63, 3.8) is 0 Å². The van der Waals surface area contributed by atoms with E-state index in [1.54, 1.807) is 0 Å². The zero-order valence-electron chi connectivity index (χ0n) is 35.0. The van der Waals surface area contributed by atoms with Crippen LogP contribution in [0.2, 0.25) is 0 Å². The van der Waals surface area contributed by atoms with E-state index < -0.39 is 5.41 Å². The van der Waals surface area contributed by atoms with Gasteiger partial charge in [-0.05, 0) is 139 Å². The van der Waals surface area contributed by atoms with Crippen molar-refractivity contribution in [1.82, 2.24) is 0 Å². The zero-order chi connectivity index (χ0) is 41.0. The molecule has 0 atom stereocenters. The van der Waals surface area contributed by atoms with Gasteiger partial charge in [0.25, 0.3) is 0 Å². The molecule has 0 aliphatic heterocycles. The number of hydrogen-bond donors (Lipinski definition) is 0. The van der Waals surface area contributed by atoms with Gasteiger partial charge in [-0.3, -0.25) is 0 Å². The lowest BCUT2D eigenvalue weighted by atomic mass is 9.68. The van der Waals surface area contributed by atoms with Crippen molar-refractivity contribution in [3.05, 3.63) is 245 Å². The third-order valence-corrected chi connectivity index (χ3v) is 14.0. The first-order valence-corrected chi connectivity index (χ1v) is 21.6. The summed E-state index contributed by atoms with van der Waals surface area (Å²) in [4.78, 5) is 2.43. The Labute approximate surface area is 359 Å². The van der Waals surface area contributed by atoms with Gasteiger partial charge < -0.3 is 4.90 Å². The first kappa shape index (κ1) is 35.7. The van der Waals surface area contributed by atoms with Gasteiger partial charge in [-0.15, -0.1) is 0 Å². The van der Waals surface area contributed by atoms with E-state index in [-0.39, 0.29) is 5.41 Å². The molecule has 0 saturated carbocycles. The molecule has 61 heavy (non-hydrogen) atoms. The Hall–Kier alpha value is -7.22. The van der Waals surface area contributed by atoms with Crippen molar-refractivity contribution in [3.8, 4) is 55.6 Å². The van der Waals surface area contributed by atoms with Crippen molar-refractivity contribution in [1.29, 1.82) is 0 Å². The van der Waals surface area contributed by atoms with Crippen molar-refractivity contribution >= 4 is 17.1 Å². The van der Waals surface area contributed by atoms with E-state index in [4.69, 9.17) is 0 Å². The highest BCUT2D eigenvalue weighted by Gasteiger charge is 2.53. The first-order valence-electron chi connectivity index (χ1n) is 21.6. The Morgan fingerprint density at radius 2 is 0.770 bits per heavy atom. The fraction of sp³-hybridized carbons (Fsp3) is 0.100. The summed E-state index contributed by atoms with van der Waals surface area (Å²) in [7, 11) is 0. The van der Waals surface area contributed by atoms with E-state index in [2.05, 4.69) is 233 Å². The number of anilines is 3. The predicted octanol–water partition coefficient (Wildman–Crippen LogP) is 15.8. The molecule has 9 aromatic carbocycles. The topological polar surface area (TPSA) is 3.24 Å². The second kappa shape index (κ2) is 13.1. The quantitative estimate of drug-likeness (QED) is 0.168. The van der Waals surface area contributed by atoms with Gasteiger partial charge in [-0.2, -0.15) is 0 Å². The highest BCUT2D eigenvalue weighted by Crippen LogP contribution is 2.65. The van der Waals surface area contributed by atoms with Gasteiger partial charge in [0, 0.05) is 22.5 Å². The molecule has 0 fully saturated rings. The van der Waals surface area contributed by atoms with Crippen LogP contribution in [0.15, 0.2) is 200 Å². The van der Waals surface area contributed by atoms with Crippen LogP contribution in [-0.2, 0) is 10.8 Å². The number of hydrogen-bond acceptors (Lipinski definition) is 1. The fourth-order valence-corrected chi connectivity index (χ4v) is 11.2. The Morgan fingerprint density at radius 1 is 0.311 bits per heavy atom. The number of nitrogens with zero attached hydrogens (tertiary/aromatic N) is 1. The molecule has 0 bridgehead atoms. The fourth-order valence-electron chi connectivity index (χ4n) is 11.2. The highest BCUT2D eigenvalue weighted by molar-refractivity contribution is 5.99. The van der Waals surface area contributed by atoms with Gasteiger partial charge in [0.15, 0.2) is 0 Å². The number of aryl methyl sites for hydroxylation is 2. The van der Waals surface area contributed by atoms with Gasteiger partial charge in [0.2, 0.25) is 0 Å². The van der Waals surface area contributed by atoms with Crippen LogP contribution in [0.1, 0.15) is 58.4 Å². The molecule has 1 spiro atoms. The molecule has 1 nitrogen and oxygen atoms in total. The van der Waals surface area contributed by atoms with E-state index in [0.29, 0.717) is 0 Å². The molecule has 12 rings (SSSR count). The summed E-state index contributed by atoms with van der Waals surface area (Å²) in [5.74, 6) is 0. The molecule has 290 valence electrons. The van der Waals surface area contributed by atoms with Crippen LogP contribution in [0, 0.1) is 13.8 Å². The molecule has 9 aromatic rings. The third-order valence-electron chi connectivity index (χ3n) is 14.0. The van der Waals surface area contributed by atoms with Gasteiger partial charge in [-0.1, -0.05) is 189 Å². The minimum absolute atomic E-state index is 0.107. The lowest BCUT2D eigenvalue weighted by Gasteiger charge is -2.33. The summed E-state index contributed by atoms with van der Waals surface area (Å²) in [5, 5.41) is 0.